The second-order valence-electron chi connectivity index (χ2n) is 4.13. The molecule has 1 aliphatic rings. The molecule has 2 amide bonds. The van der Waals surface area contributed by atoms with Crippen molar-refractivity contribution in [3.8, 4) is 0 Å². The van der Waals surface area contributed by atoms with Crippen LogP contribution in [0.4, 0.5) is 4.79 Å². The van der Waals surface area contributed by atoms with E-state index in [1.54, 1.807) is 18.9 Å². The van der Waals surface area contributed by atoms with Crippen molar-refractivity contribution in [2.75, 3.05) is 31.8 Å². The molecule has 1 rings (SSSR count). The fraction of sp³-hybridized carbons (Fsp3) is 0.818. The van der Waals surface area contributed by atoms with Crippen LogP contribution in [0.3, 0.4) is 0 Å². The number of aliphatic carboxylic acids is 1. The van der Waals surface area contributed by atoms with Crippen LogP contribution in [0.5, 0.6) is 0 Å². The minimum absolute atomic E-state index is 0.0773. The van der Waals surface area contributed by atoms with Crippen LogP contribution < -0.4 is 5.32 Å². The van der Waals surface area contributed by atoms with Gasteiger partial charge in [0.25, 0.3) is 0 Å². The Morgan fingerprint density at radius 2 is 2.33 bits per heavy atom. The van der Waals surface area contributed by atoms with Crippen molar-refractivity contribution >= 4 is 23.8 Å². The SMILES string of the molecule is CCC(COC)NC(=O)N1CCSCC1C(=O)O. The molecule has 0 aromatic heterocycles. The summed E-state index contributed by atoms with van der Waals surface area (Å²) in [6.07, 6.45) is 0.750. The molecular formula is C11H20N2O4S. The molecule has 104 valence electrons. The number of amides is 2. The number of thioether (sulfide) groups is 1. The quantitative estimate of drug-likeness (QED) is 0.769. The van der Waals surface area contributed by atoms with Crippen LogP contribution >= 0.6 is 11.8 Å². The molecule has 6 nitrogen and oxygen atoms in total. The molecule has 7 heteroatoms. The minimum Gasteiger partial charge on any atom is -0.480 e. The Labute approximate surface area is 111 Å². The Hall–Kier alpha value is -0.950. The van der Waals surface area contributed by atoms with E-state index in [4.69, 9.17) is 9.84 Å². The van der Waals surface area contributed by atoms with Crippen molar-refractivity contribution in [1.82, 2.24) is 10.2 Å². The summed E-state index contributed by atoms with van der Waals surface area (Å²) in [4.78, 5) is 24.5. The lowest BCUT2D eigenvalue weighted by Crippen LogP contribution is -2.55. The lowest BCUT2D eigenvalue weighted by molar-refractivity contribution is -0.141. The maximum atomic E-state index is 12.0. The fourth-order valence-corrected chi connectivity index (χ4v) is 2.81. The average molecular weight is 276 g/mol. The highest BCUT2D eigenvalue weighted by atomic mass is 32.2. The summed E-state index contributed by atoms with van der Waals surface area (Å²) in [6.45, 7) is 2.85. The Morgan fingerprint density at radius 1 is 1.61 bits per heavy atom. The van der Waals surface area contributed by atoms with Gasteiger partial charge in [-0.05, 0) is 6.42 Å². The van der Waals surface area contributed by atoms with E-state index < -0.39 is 12.0 Å². The van der Waals surface area contributed by atoms with Gasteiger partial charge in [-0.2, -0.15) is 11.8 Å². The third-order valence-electron chi connectivity index (χ3n) is 2.86. The average Bonchev–Trinajstić information content (AvgIpc) is 2.38. The molecule has 1 aliphatic heterocycles. The van der Waals surface area contributed by atoms with E-state index in [1.165, 1.54) is 4.90 Å². The maximum Gasteiger partial charge on any atom is 0.327 e. The number of carboxylic acids is 1. The third kappa shape index (κ3) is 4.06. The van der Waals surface area contributed by atoms with Gasteiger partial charge in [-0.1, -0.05) is 6.92 Å². The van der Waals surface area contributed by atoms with Crippen LogP contribution in [0.25, 0.3) is 0 Å². The topological polar surface area (TPSA) is 78.9 Å². The van der Waals surface area contributed by atoms with E-state index in [2.05, 4.69) is 5.32 Å². The number of carbonyl (C=O) groups is 2. The van der Waals surface area contributed by atoms with Gasteiger partial charge in [0.1, 0.15) is 6.04 Å². The van der Waals surface area contributed by atoms with Gasteiger partial charge in [0.05, 0.1) is 12.6 Å². The summed E-state index contributed by atoms with van der Waals surface area (Å²) in [5, 5.41) is 11.9. The minimum atomic E-state index is -0.947. The van der Waals surface area contributed by atoms with Gasteiger partial charge in [0.2, 0.25) is 0 Å². The molecule has 1 saturated heterocycles. The van der Waals surface area contributed by atoms with Crippen molar-refractivity contribution in [2.24, 2.45) is 0 Å². The Bertz CT molecular complexity index is 301. The molecule has 0 saturated carbocycles. The molecule has 0 aromatic carbocycles. The van der Waals surface area contributed by atoms with Gasteiger partial charge in [0.15, 0.2) is 0 Å². The molecular weight excluding hydrogens is 256 g/mol. The number of nitrogens with one attached hydrogen (secondary N) is 1. The van der Waals surface area contributed by atoms with Crippen molar-refractivity contribution < 1.29 is 19.4 Å². The zero-order valence-electron chi connectivity index (χ0n) is 10.7. The van der Waals surface area contributed by atoms with Gasteiger partial charge >= 0.3 is 12.0 Å². The zero-order valence-corrected chi connectivity index (χ0v) is 11.5. The molecule has 0 bridgehead atoms. The second kappa shape index (κ2) is 7.48. The summed E-state index contributed by atoms with van der Waals surface area (Å²) in [5.41, 5.74) is 0. The number of hydrogen-bond acceptors (Lipinski definition) is 4. The van der Waals surface area contributed by atoms with Crippen LogP contribution in [0.1, 0.15) is 13.3 Å². The lowest BCUT2D eigenvalue weighted by Gasteiger charge is -2.33. The molecule has 2 unspecified atom stereocenters. The number of rotatable bonds is 5. The first kappa shape index (κ1) is 15.1. The van der Waals surface area contributed by atoms with Gasteiger partial charge in [-0.15, -0.1) is 0 Å². The standard InChI is InChI=1S/C11H20N2O4S/c1-3-8(6-17-2)12-11(16)13-4-5-18-7-9(13)10(14)15/h8-9H,3-7H2,1-2H3,(H,12,16)(H,14,15). The van der Waals surface area contributed by atoms with E-state index in [-0.39, 0.29) is 12.1 Å². The number of urea groups is 1. The smallest absolute Gasteiger partial charge is 0.327 e. The highest BCUT2D eigenvalue weighted by Gasteiger charge is 2.32. The first-order valence-electron chi connectivity index (χ1n) is 5.96. The van der Waals surface area contributed by atoms with E-state index in [9.17, 15) is 9.59 Å². The highest BCUT2D eigenvalue weighted by Crippen LogP contribution is 2.17. The van der Waals surface area contributed by atoms with E-state index in [1.807, 2.05) is 6.92 Å². The molecule has 2 atom stereocenters. The van der Waals surface area contributed by atoms with Crippen LogP contribution in [-0.2, 0) is 9.53 Å². The van der Waals surface area contributed by atoms with Crippen LogP contribution in [0.2, 0.25) is 0 Å². The molecule has 1 heterocycles. The predicted octanol–water partition coefficient (Wildman–Crippen LogP) is 0.623. The van der Waals surface area contributed by atoms with E-state index in [0.717, 1.165) is 12.2 Å². The summed E-state index contributed by atoms with van der Waals surface area (Å²) >= 11 is 1.56. The van der Waals surface area contributed by atoms with Crippen molar-refractivity contribution in [1.29, 1.82) is 0 Å². The van der Waals surface area contributed by atoms with E-state index in [0.29, 0.717) is 18.9 Å². The lowest BCUT2D eigenvalue weighted by atomic mass is 10.2. The molecule has 0 spiro atoms. The number of ether oxygens (including phenoxy) is 1. The largest absolute Gasteiger partial charge is 0.480 e. The van der Waals surface area contributed by atoms with Gasteiger partial charge < -0.3 is 20.1 Å². The Balaban J connectivity index is 2.59. The maximum absolute atomic E-state index is 12.0. The normalized spacial score (nSPS) is 21.4. The van der Waals surface area contributed by atoms with Gasteiger partial charge in [-0.3, -0.25) is 0 Å². The summed E-state index contributed by atoms with van der Waals surface area (Å²) in [7, 11) is 1.58. The molecule has 0 aromatic rings. The van der Waals surface area contributed by atoms with Gasteiger partial charge in [0, 0.05) is 25.2 Å². The number of nitrogens with zero attached hydrogens (tertiary/aromatic N) is 1. The van der Waals surface area contributed by atoms with E-state index >= 15 is 0 Å². The molecule has 0 radical (unpaired) electrons. The second-order valence-corrected chi connectivity index (χ2v) is 5.28. The summed E-state index contributed by atoms with van der Waals surface area (Å²) in [5.74, 6) is 0.277. The molecule has 0 aliphatic carbocycles. The Morgan fingerprint density at radius 3 is 2.89 bits per heavy atom. The number of carbonyl (C=O) groups excluding carboxylic acids is 1. The predicted molar refractivity (Wildman–Crippen MR) is 69.9 cm³/mol. The van der Waals surface area contributed by atoms with Crippen molar-refractivity contribution in [3.05, 3.63) is 0 Å². The molecule has 1 fully saturated rings. The monoisotopic (exact) mass is 276 g/mol. The summed E-state index contributed by atoms with van der Waals surface area (Å²) in [6, 6.07) is -1.12. The third-order valence-corrected chi connectivity index (χ3v) is 3.89. The van der Waals surface area contributed by atoms with Crippen LogP contribution in [-0.4, -0.2) is 65.9 Å². The van der Waals surface area contributed by atoms with Crippen LogP contribution in [0.15, 0.2) is 0 Å². The number of methoxy groups -OCH3 is 1. The number of carboxylic acid groups (broad SMARTS) is 1. The highest BCUT2D eigenvalue weighted by molar-refractivity contribution is 7.99. The zero-order chi connectivity index (χ0) is 13.5. The molecule has 18 heavy (non-hydrogen) atoms. The van der Waals surface area contributed by atoms with Gasteiger partial charge in [-0.25, -0.2) is 9.59 Å². The summed E-state index contributed by atoms with van der Waals surface area (Å²) < 4.78 is 5.00. The number of hydrogen-bond donors (Lipinski definition) is 2. The molecule has 2 N–H and O–H groups in total. The Kier molecular flexibility index (Phi) is 6.28. The van der Waals surface area contributed by atoms with Crippen LogP contribution in [0, 0.1) is 0 Å². The first-order valence-corrected chi connectivity index (χ1v) is 7.12. The fourth-order valence-electron chi connectivity index (χ4n) is 1.77. The van der Waals surface area contributed by atoms with Crippen molar-refractivity contribution in [3.63, 3.8) is 0 Å². The van der Waals surface area contributed by atoms with Crippen molar-refractivity contribution in [2.45, 2.75) is 25.4 Å². The first-order chi connectivity index (χ1) is 8.60.